The van der Waals surface area contributed by atoms with Gasteiger partial charge < -0.3 is 15.0 Å². The van der Waals surface area contributed by atoms with E-state index in [0.29, 0.717) is 56.0 Å². The number of carbonyl (C=O) groups is 1. The molecule has 8 nitrogen and oxygen atoms in total. The smallest absolute Gasteiger partial charge is 0.264 e. The van der Waals surface area contributed by atoms with Crippen LogP contribution in [0.5, 0.6) is 5.75 Å². The van der Waals surface area contributed by atoms with Crippen molar-refractivity contribution in [2.75, 3.05) is 18.4 Å². The van der Waals surface area contributed by atoms with Gasteiger partial charge in [0.15, 0.2) is 0 Å². The van der Waals surface area contributed by atoms with E-state index in [9.17, 15) is 4.79 Å². The molecule has 0 unspecified atom stereocenters. The number of amides is 1. The number of pyridine rings is 2. The number of hydrogen-bond donors (Lipinski definition) is 1. The Morgan fingerprint density at radius 1 is 0.775 bits per heavy atom. The first kappa shape index (κ1) is 25.5. The lowest BCUT2D eigenvalue weighted by atomic mass is 10.1. The number of rotatable bonds is 5. The maximum atomic E-state index is 13.0. The first-order valence-corrected chi connectivity index (χ1v) is 13.6. The number of nitrogens with one attached hydrogen (secondary N) is 1. The summed E-state index contributed by atoms with van der Waals surface area (Å²) in [6.45, 7) is 1.84. The van der Waals surface area contributed by atoms with Gasteiger partial charge in [-0.2, -0.15) is 0 Å². The fourth-order valence-electron chi connectivity index (χ4n) is 4.61. The molecule has 9 heteroatoms. The maximum absolute atomic E-state index is 13.0. The van der Waals surface area contributed by atoms with E-state index in [4.69, 9.17) is 26.9 Å². The second-order valence-electron chi connectivity index (χ2n) is 9.45. The largest absolute Gasteiger partial charge is 0.432 e. The molecule has 0 spiro atoms. The molecule has 1 fully saturated rings. The molecule has 6 rings (SSSR count). The second-order valence-corrected chi connectivity index (χ2v) is 9.80. The summed E-state index contributed by atoms with van der Waals surface area (Å²) in [5.74, 6) is 0.367. The lowest BCUT2D eigenvalue weighted by Gasteiger charge is -2.28. The summed E-state index contributed by atoms with van der Waals surface area (Å²) < 4.78 is 5.85. The lowest BCUT2D eigenvalue weighted by Crippen LogP contribution is -2.37. The van der Waals surface area contributed by atoms with Crippen molar-refractivity contribution in [3.05, 3.63) is 96.8 Å². The zero-order valence-corrected chi connectivity index (χ0v) is 22.5. The molecule has 2 aromatic carbocycles. The van der Waals surface area contributed by atoms with Gasteiger partial charge >= 0.3 is 0 Å². The number of piperidine rings is 1. The van der Waals surface area contributed by atoms with E-state index in [-0.39, 0.29) is 5.91 Å². The van der Waals surface area contributed by atoms with Crippen LogP contribution in [0, 0.1) is 0 Å². The fourth-order valence-corrected chi connectivity index (χ4v) is 4.89. The lowest BCUT2D eigenvalue weighted by molar-refractivity contribution is 0.102. The molecule has 1 aliphatic heterocycles. The number of thiocarbonyl (C=S) groups is 1. The van der Waals surface area contributed by atoms with Gasteiger partial charge in [-0.3, -0.25) is 14.8 Å². The van der Waals surface area contributed by atoms with Crippen molar-refractivity contribution in [2.24, 2.45) is 0 Å². The summed E-state index contributed by atoms with van der Waals surface area (Å²) in [5.41, 5.74) is 5.09. The quantitative estimate of drug-likeness (QED) is 0.262. The highest BCUT2D eigenvalue weighted by atomic mass is 32.1. The van der Waals surface area contributed by atoms with Crippen molar-refractivity contribution >= 4 is 40.0 Å². The molecule has 198 valence electrons. The summed E-state index contributed by atoms with van der Waals surface area (Å²) in [4.78, 5) is 33.8. The summed E-state index contributed by atoms with van der Waals surface area (Å²) in [6, 6.07) is 23.7. The molecular formula is C31H26N6O2S. The Labute approximate surface area is 237 Å². The minimum atomic E-state index is -0.243. The van der Waals surface area contributed by atoms with Crippen LogP contribution in [0.4, 0.5) is 5.69 Å². The van der Waals surface area contributed by atoms with Crippen molar-refractivity contribution in [3.8, 4) is 28.5 Å². The third-order valence-electron chi connectivity index (χ3n) is 6.67. The summed E-state index contributed by atoms with van der Waals surface area (Å²) in [7, 11) is 0. The van der Waals surface area contributed by atoms with Crippen LogP contribution in [0.2, 0.25) is 0 Å². The minimum absolute atomic E-state index is 0.243. The van der Waals surface area contributed by atoms with Crippen LogP contribution >= 0.6 is 12.2 Å². The normalized spacial score (nSPS) is 13.2. The van der Waals surface area contributed by atoms with E-state index in [0.717, 1.165) is 25.9 Å². The molecule has 0 aliphatic carbocycles. The van der Waals surface area contributed by atoms with Gasteiger partial charge in [-0.05, 0) is 98.2 Å². The number of aromatic nitrogens is 4. The molecule has 40 heavy (non-hydrogen) atoms. The van der Waals surface area contributed by atoms with Gasteiger partial charge in [0.2, 0.25) is 0 Å². The molecule has 3 aromatic heterocycles. The Morgan fingerprint density at radius 2 is 1.43 bits per heavy atom. The van der Waals surface area contributed by atoms with E-state index >= 15 is 0 Å². The zero-order chi connectivity index (χ0) is 27.3. The van der Waals surface area contributed by atoms with E-state index in [2.05, 4.69) is 20.2 Å². The highest BCUT2D eigenvalue weighted by Crippen LogP contribution is 2.29. The molecular weight excluding hydrogens is 520 g/mol. The number of fused-ring (bicyclic) bond motifs is 1. The fraction of sp³-hybridized carbons (Fsp3) is 0.161. The van der Waals surface area contributed by atoms with Crippen LogP contribution in [0.3, 0.4) is 0 Å². The summed E-state index contributed by atoms with van der Waals surface area (Å²) in [6.07, 6.45) is 6.92. The maximum Gasteiger partial charge on any atom is 0.264 e. The molecule has 1 N–H and O–H groups in total. The highest BCUT2D eigenvalue weighted by molar-refractivity contribution is 7.80. The Balaban J connectivity index is 1.22. The van der Waals surface area contributed by atoms with Gasteiger partial charge in [-0.1, -0.05) is 12.1 Å². The van der Waals surface area contributed by atoms with Crippen molar-refractivity contribution in [3.63, 3.8) is 0 Å². The minimum Gasteiger partial charge on any atom is -0.432 e. The zero-order valence-electron chi connectivity index (χ0n) is 21.7. The molecule has 0 atom stereocenters. The number of ether oxygens (including phenoxy) is 1. The standard InChI is InChI=1S/C31H26N6O2S/c38-30(21-10-13-23(14-11-21)39-31(40)37-18-6-1-7-19-37)34-22-12-15-24-27(20-22)36-29(26-9-3-5-17-33-26)28(35-24)25-8-2-4-16-32-25/h2-5,8-17,20H,1,6-7,18-19H2,(H,34,38). The summed E-state index contributed by atoms with van der Waals surface area (Å²) >= 11 is 5.45. The van der Waals surface area contributed by atoms with Gasteiger partial charge in [0.05, 0.1) is 22.4 Å². The third kappa shape index (κ3) is 5.64. The third-order valence-corrected chi connectivity index (χ3v) is 7.01. The van der Waals surface area contributed by atoms with Crippen LogP contribution in [-0.4, -0.2) is 49.0 Å². The number of benzene rings is 2. The van der Waals surface area contributed by atoms with Crippen LogP contribution in [-0.2, 0) is 0 Å². The molecule has 1 aliphatic rings. The average Bonchev–Trinajstić information content (AvgIpc) is 3.02. The predicted octanol–water partition coefficient (Wildman–Crippen LogP) is 6.16. The molecule has 5 aromatic rings. The molecule has 0 saturated carbocycles. The highest BCUT2D eigenvalue weighted by Gasteiger charge is 2.17. The average molecular weight is 547 g/mol. The van der Waals surface area contributed by atoms with E-state index in [1.54, 1.807) is 36.7 Å². The first-order chi connectivity index (χ1) is 19.6. The predicted molar refractivity (Wildman–Crippen MR) is 159 cm³/mol. The van der Waals surface area contributed by atoms with Crippen molar-refractivity contribution in [1.29, 1.82) is 0 Å². The Hall–Kier alpha value is -4.76. The van der Waals surface area contributed by atoms with Gasteiger partial charge in [0.1, 0.15) is 17.1 Å². The molecule has 1 saturated heterocycles. The Kier molecular flexibility index (Phi) is 7.37. The Bertz CT molecular complexity index is 1660. The molecule has 4 heterocycles. The second kappa shape index (κ2) is 11.5. The summed E-state index contributed by atoms with van der Waals surface area (Å²) in [5, 5.41) is 3.44. The number of likely N-dealkylation sites (tertiary alicyclic amines) is 1. The number of anilines is 1. The molecule has 0 bridgehead atoms. The molecule has 1 amide bonds. The van der Waals surface area contributed by atoms with Crippen LogP contribution in [0.15, 0.2) is 91.3 Å². The number of hydrogen-bond acceptors (Lipinski definition) is 7. The Morgan fingerprint density at radius 3 is 2.05 bits per heavy atom. The van der Waals surface area contributed by atoms with Crippen molar-refractivity contribution in [2.45, 2.75) is 19.3 Å². The van der Waals surface area contributed by atoms with Gasteiger partial charge in [-0.25, -0.2) is 9.97 Å². The van der Waals surface area contributed by atoms with Crippen LogP contribution < -0.4 is 10.1 Å². The van der Waals surface area contributed by atoms with E-state index in [1.807, 2.05) is 54.6 Å². The first-order valence-electron chi connectivity index (χ1n) is 13.2. The van der Waals surface area contributed by atoms with Gasteiger partial charge in [-0.15, -0.1) is 0 Å². The number of carbonyl (C=O) groups excluding carboxylic acids is 1. The van der Waals surface area contributed by atoms with Crippen LogP contribution in [0.25, 0.3) is 33.8 Å². The van der Waals surface area contributed by atoms with Crippen molar-refractivity contribution < 1.29 is 9.53 Å². The monoisotopic (exact) mass is 546 g/mol. The SMILES string of the molecule is O=C(Nc1ccc2nc(-c3ccccn3)c(-c3ccccn3)nc2c1)c1ccc(OC(=S)N2CCCCC2)cc1. The van der Waals surface area contributed by atoms with Crippen LogP contribution in [0.1, 0.15) is 29.6 Å². The number of nitrogens with zero attached hydrogens (tertiary/aromatic N) is 5. The van der Waals surface area contributed by atoms with E-state index < -0.39 is 0 Å². The topological polar surface area (TPSA) is 93.1 Å². The molecule has 0 radical (unpaired) electrons. The van der Waals surface area contributed by atoms with Gasteiger partial charge in [0.25, 0.3) is 11.1 Å². The van der Waals surface area contributed by atoms with Gasteiger partial charge in [0, 0.05) is 36.7 Å². The van der Waals surface area contributed by atoms with Crippen molar-refractivity contribution in [1.82, 2.24) is 24.8 Å². The van der Waals surface area contributed by atoms with E-state index in [1.165, 1.54) is 6.42 Å².